The second-order valence-electron chi connectivity index (χ2n) is 9.84. The Kier molecular flexibility index (Phi) is 6.00. The molecule has 3 aliphatic rings. The van der Waals surface area contributed by atoms with E-state index in [0.717, 1.165) is 6.42 Å². The normalized spacial score (nSPS) is 25.8. The van der Waals surface area contributed by atoms with Gasteiger partial charge in [0.2, 0.25) is 0 Å². The number of methoxy groups -OCH3 is 1. The van der Waals surface area contributed by atoms with Gasteiger partial charge in [0, 0.05) is 34.3 Å². The van der Waals surface area contributed by atoms with Crippen LogP contribution in [0.15, 0.2) is 60.7 Å². The second-order valence-corrected chi connectivity index (χ2v) is 10.2. The second kappa shape index (κ2) is 9.25. The highest BCUT2D eigenvalue weighted by molar-refractivity contribution is 6.32. The lowest BCUT2D eigenvalue weighted by Crippen LogP contribution is -2.55. The van der Waals surface area contributed by atoms with Crippen molar-refractivity contribution in [2.24, 2.45) is 0 Å². The maximum absolute atomic E-state index is 14.1. The van der Waals surface area contributed by atoms with Gasteiger partial charge < -0.3 is 14.8 Å². The van der Waals surface area contributed by atoms with Crippen molar-refractivity contribution >= 4 is 23.2 Å². The molecule has 2 saturated heterocycles. The molecule has 1 spiro atoms. The number of ether oxygens (including phenoxy) is 2. The van der Waals surface area contributed by atoms with Crippen LogP contribution in [0.25, 0.3) is 0 Å². The van der Waals surface area contributed by atoms with Crippen LogP contribution in [0.5, 0.6) is 11.5 Å². The molecule has 196 valence electrons. The number of rotatable bonds is 6. The first-order valence-electron chi connectivity index (χ1n) is 12.4. The van der Waals surface area contributed by atoms with Gasteiger partial charge in [-0.1, -0.05) is 48.0 Å². The fraction of sp³-hybridized carbons (Fsp3) is 0.321. The number of carbonyl (C=O) groups is 1. The fourth-order valence-corrected chi connectivity index (χ4v) is 6.89. The van der Waals surface area contributed by atoms with Crippen molar-refractivity contribution in [2.45, 2.75) is 43.0 Å². The van der Waals surface area contributed by atoms with Gasteiger partial charge >= 0.3 is 0 Å². The van der Waals surface area contributed by atoms with Gasteiger partial charge in [0.15, 0.2) is 17.0 Å². The molecular formula is C28H25ClFN3O5. The van der Waals surface area contributed by atoms with Crippen LogP contribution in [0.1, 0.15) is 35.4 Å². The number of hydrogen-bond acceptors (Lipinski definition) is 6. The Bertz CT molecular complexity index is 1450. The SMILES string of the molecule is COc1cc([C@@H]2[C@@H]3CCCN3[C@]3(C(=O)Nc4ccccc43)[C@@H]2[N+](=O)[O-])cc(Cl)c1OCc1ccccc1F. The van der Waals surface area contributed by atoms with Gasteiger partial charge in [-0.2, -0.15) is 0 Å². The molecule has 0 radical (unpaired) electrons. The summed E-state index contributed by atoms with van der Waals surface area (Å²) in [7, 11) is 1.45. The molecule has 10 heteroatoms. The van der Waals surface area contributed by atoms with Crippen LogP contribution >= 0.6 is 11.6 Å². The first-order valence-corrected chi connectivity index (χ1v) is 12.8. The number of halogens is 2. The van der Waals surface area contributed by atoms with Crippen LogP contribution in [0.4, 0.5) is 10.1 Å². The van der Waals surface area contributed by atoms with Gasteiger partial charge in [-0.05, 0) is 42.7 Å². The smallest absolute Gasteiger partial charge is 0.256 e. The van der Waals surface area contributed by atoms with E-state index in [1.807, 2.05) is 4.90 Å². The number of amides is 1. The summed E-state index contributed by atoms with van der Waals surface area (Å²) in [4.78, 5) is 28.1. The predicted octanol–water partition coefficient (Wildman–Crippen LogP) is 5.12. The monoisotopic (exact) mass is 537 g/mol. The summed E-state index contributed by atoms with van der Waals surface area (Å²) >= 11 is 6.67. The van der Waals surface area contributed by atoms with E-state index in [4.69, 9.17) is 21.1 Å². The molecule has 8 nitrogen and oxygen atoms in total. The molecule has 0 saturated carbocycles. The largest absolute Gasteiger partial charge is 0.493 e. The summed E-state index contributed by atoms with van der Waals surface area (Å²) in [6.45, 7) is 0.501. The lowest BCUT2D eigenvalue weighted by atomic mass is 9.77. The van der Waals surface area contributed by atoms with E-state index in [2.05, 4.69) is 5.32 Å². The van der Waals surface area contributed by atoms with Crippen LogP contribution in [0.3, 0.4) is 0 Å². The number of benzene rings is 3. The third-order valence-electron chi connectivity index (χ3n) is 8.06. The summed E-state index contributed by atoms with van der Waals surface area (Å²) in [5.74, 6) is -0.902. The van der Waals surface area contributed by atoms with E-state index in [9.17, 15) is 19.3 Å². The molecule has 0 aliphatic carbocycles. The van der Waals surface area contributed by atoms with Crippen LogP contribution in [0, 0.1) is 15.9 Å². The molecule has 0 unspecified atom stereocenters. The Labute approximate surface area is 223 Å². The van der Waals surface area contributed by atoms with Gasteiger partial charge in [0.05, 0.1) is 18.1 Å². The van der Waals surface area contributed by atoms with Crippen molar-refractivity contribution in [2.75, 3.05) is 19.0 Å². The van der Waals surface area contributed by atoms with Gasteiger partial charge in [-0.15, -0.1) is 0 Å². The molecule has 1 amide bonds. The van der Waals surface area contributed by atoms with Gasteiger partial charge in [-0.25, -0.2) is 4.39 Å². The van der Waals surface area contributed by atoms with Crippen molar-refractivity contribution in [1.29, 1.82) is 0 Å². The molecule has 2 fully saturated rings. The number of nitrogens with one attached hydrogen (secondary N) is 1. The summed E-state index contributed by atoms with van der Waals surface area (Å²) in [5.41, 5.74) is 0.754. The van der Waals surface area contributed by atoms with Crippen LogP contribution in [-0.4, -0.2) is 41.5 Å². The zero-order valence-corrected chi connectivity index (χ0v) is 21.3. The van der Waals surface area contributed by atoms with E-state index in [1.165, 1.54) is 13.2 Å². The Balaban J connectivity index is 1.44. The minimum atomic E-state index is -1.42. The molecular weight excluding hydrogens is 513 g/mol. The van der Waals surface area contributed by atoms with Crippen molar-refractivity contribution in [3.05, 3.63) is 98.3 Å². The lowest BCUT2D eigenvalue weighted by Gasteiger charge is -2.32. The molecule has 6 rings (SSSR count). The number of nitro groups is 1. The quantitative estimate of drug-likeness (QED) is 0.346. The summed E-state index contributed by atoms with van der Waals surface area (Å²) in [6.07, 6.45) is 1.52. The minimum absolute atomic E-state index is 0.0699. The Morgan fingerprint density at radius 1 is 1.21 bits per heavy atom. The maximum Gasteiger partial charge on any atom is 0.256 e. The highest BCUT2D eigenvalue weighted by Gasteiger charge is 2.73. The van der Waals surface area contributed by atoms with Crippen molar-refractivity contribution in [1.82, 2.24) is 4.90 Å². The zero-order chi connectivity index (χ0) is 26.6. The van der Waals surface area contributed by atoms with E-state index >= 15 is 0 Å². The van der Waals surface area contributed by atoms with E-state index in [-0.39, 0.29) is 40.0 Å². The Hall–Kier alpha value is -3.69. The van der Waals surface area contributed by atoms with Crippen molar-refractivity contribution < 1.29 is 23.6 Å². The topological polar surface area (TPSA) is 93.9 Å². The molecule has 3 aliphatic heterocycles. The molecule has 38 heavy (non-hydrogen) atoms. The average Bonchev–Trinajstić information content (AvgIpc) is 3.57. The van der Waals surface area contributed by atoms with Gasteiger partial charge in [0.25, 0.3) is 11.9 Å². The van der Waals surface area contributed by atoms with Crippen molar-refractivity contribution in [3.8, 4) is 11.5 Å². The van der Waals surface area contributed by atoms with E-state index in [0.29, 0.717) is 35.3 Å². The zero-order valence-electron chi connectivity index (χ0n) is 20.5. The third kappa shape index (κ3) is 3.49. The number of fused-ring (bicyclic) bond motifs is 4. The van der Waals surface area contributed by atoms with Crippen molar-refractivity contribution in [3.63, 3.8) is 0 Å². The molecule has 1 N–H and O–H groups in total. The number of nitrogens with zero attached hydrogens (tertiary/aromatic N) is 2. The van der Waals surface area contributed by atoms with Gasteiger partial charge in [-0.3, -0.25) is 19.8 Å². The van der Waals surface area contributed by atoms with Crippen LogP contribution in [-0.2, 0) is 16.9 Å². The molecule has 0 aromatic heterocycles. The predicted molar refractivity (Wildman–Crippen MR) is 139 cm³/mol. The molecule has 3 aromatic rings. The number of hydrogen-bond donors (Lipinski definition) is 1. The number of para-hydroxylation sites is 1. The maximum atomic E-state index is 14.1. The van der Waals surface area contributed by atoms with E-state index in [1.54, 1.807) is 54.6 Å². The highest BCUT2D eigenvalue weighted by Crippen LogP contribution is 2.58. The number of anilines is 1. The van der Waals surface area contributed by atoms with Crippen LogP contribution < -0.4 is 14.8 Å². The molecule has 3 heterocycles. The number of carbonyl (C=O) groups excluding carboxylic acids is 1. The van der Waals surface area contributed by atoms with Crippen LogP contribution in [0.2, 0.25) is 5.02 Å². The first-order chi connectivity index (χ1) is 18.4. The Morgan fingerprint density at radius 3 is 2.74 bits per heavy atom. The average molecular weight is 538 g/mol. The standard InChI is InChI=1S/C28H25ClFN3O5/c1-37-23-14-17(13-19(29)25(23)38-15-16-7-2-4-9-20(16)30)24-22-11-6-12-32(22)28(26(24)33(35)36)18-8-3-5-10-21(18)31-27(28)34/h2-5,7-10,13-14,22,24,26H,6,11-12,15H2,1H3,(H,31,34)/t22-,24+,26+,28-/m0/s1. The van der Waals surface area contributed by atoms with E-state index < -0.39 is 23.3 Å². The molecule has 3 aromatic carbocycles. The summed E-state index contributed by atoms with van der Waals surface area (Å²) < 4.78 is 25.6. The molecule has 4 atom stereocenters. The summed E-state index contributed by atoms with van der Waals surface area (Å²) in [5, 5.41) is 15.9. The molecule has 0 bridgehead atoms. The van der Waals surface area contributed by atoms with Gasteiger partial charge in [0.1, 0.15) is 12.4 Å². The third-order valence-corrected chi connectivity index (χ3v) is 8.34. The fourth-order valence-electron chi connectivity index (χ4n) is 6.61. The first kappa shape index (κ1) is 24.6. The summed E-state index contributed by atoms with van der Waals surface area (Å²) in [6, 6.07) is 15.3. The minimum Gasteiger partial charge on any atom is -0.493 e. The highest BCUT2D eigenvalue weighted by atomic mass is 35.5. The lowest BCUT2D eigenvalue weighted by molar-refractivity contribution is -0.534. The Morgan fingerprint density at radius 2 is 1.97 bits per heavy atom.